The maximum absolute atomic E-state index is 12.9. The van der Waals surface area contributed by atoms with Crippen molar-refractivity contribution in [3.63, 3.8) is 0 Å². The van der Waals surface area contributed by atoms with Gasteiger partial charge in [-0.3, -0.25) is 4.79 Å². The van der Waals surface area contributed by atoms with Crippen LogP contribution in [0, 0.1) is 0 Å². The molecular weight excluding hydrogens is 420 g/mol. The smallest absolute Gasteiger partial charge is 0.291 e. The first kappa shape index (κ1) is 20.9. The highest BCUT2D eigenvalue weighted by molar-refractivity contribution is 7.89. The number of anilines is 1. The molecule has 0 spiro atoms. The standard InChI is InChI=1S/C22H20N2O6S/c1-28-14-19-18-9-2-3-10-20(18)30-21(19)22(25)24-15-6-4-8-17(12-15)31(26,27)23-13-16-7-5-11-29-16/h2-12,23H,13-14H2,1H3,(H,24,25). The van der Waals surface area contributed by atoms with E-state index in [9.17, 15) is 13.2 Å². The van der Waals surface area contributed by atoms with E-state index in [0.29, 0.717) is 22.6 Å². The number of benzene rings is 2. The highest BCUT2D eigenvalue weighted by Crippen LogP contribution is 2.27. The third-order valence-electron chi connectivity index (χ3n) is 4.61. The number of sulfonamides is 1. The van der Waals surface area contributed by atoms with Crippen LogP contribution in [0.4, 0.5) is 5.69 Å². The van der Waals surface area contributed by atoms with Gasteiger partial charge < -0.3 is 18.9 Å². The third kappa shape index (κ3) is 4.53. The first-order valence-electron chi connectivity index (χ1n) is 9.41. The zero-order chi connectivity index (χ0) is 21.8. The molecule has 2 N–H and O–H groups in total. The number of carbonyl (C=O) groups excluding carboxylic acids is 1. The predicted octanol–water partition coefficient (Wildman–Crippen LogP) is 3.90. The highest BCUT2D eigenvalue weighted by Gasteiger charge is 2.21. The quantitative estimate of drug-likeness (QED) is 0.430. The molecule has 8 nitrogen and oxygen atoms in total. The number of fused-ring (bicyclic) bond motifs is 1. The van der Waals surface area contributed by atoms with Crippen molar-refractivity contribution in [3.05, 3.63) is 84.0 Å². The van der Waals surface area contributed by atoms with Crippen molar-refractivity contribution in [2.45, 2.75) is 18.0 Å². The van der Waals surface area contributed by atoms with Crippen LogP contribution in [0.25, 0.3) is 11.0 Å². The van der Waals surface area contributed by atoms with E-state index in [2.05, 4.69) is 10.0 Å². The first-order chi connectivity index (χ1) is 15.0. The maximum atomic E-state index is 12.9. The largest absolute Gasteiger partial charge is 0.468 e. The van der Waals surface area contributed by atoms with E-state index in [4.69, 9.17) is 13.6 Å². The van der Waals surface area contributed by atoms with Crippen molar-refractivity contribution >= 4 is 32.6 Å². The Bertz CT molecular complexity index is 1310. The van der Waals surface area contributed by atoms with Crippen LogP contribution in [-0.2, 0) is 27.9 Å². The van der Waals surface area contributed by atoms with E-state index in [1.165, 1.54) is 25.5 Å². The molecule has 0 unspecified atom stereocenters. The molecule has 0 bridgehead atoms. The summed E-state index contributed by atoms with van der Waals surface area (Å²) >= 11 is 0. The van der Waals surface area contributed by atoms with Crippen molar-refractivity contribution in [2.75, 3.05) is 12.4 Å². The van der Waals surface area contributed by atoms with Crippen LogP contribution in [0.5, 0.6) is 0 Å². The summed E-state index contributed by atoms with van der Waals surface area (Å²) in [7, 11) is -2.27. The molecule has 0 fully saturated rings. The summed E-state index contributed by atoms with van der Waals surface area (Å²) in [6.45, 7) is 0.218. The van der Waals surface area contributed by atoms with Crippen molar-refractivity contribution in [2.24, 2.45) is 0 Å². The van der Waals surface area contributed by atoms with Crippen molar-refractivity contribution in [3.8, 4) is 0 Å². The highest BCUT2D eigenvalue weighted by atomic mass is 32.2. The summed E-state index contributed by atoms with van der Waals surface area (Å²) < 4.78 is 43.7. The molecule has 0 aliphatic rings. The molecule has 31 heavy (non-hydrogen) atoms. The van der Waals surface area contributed by atoms with Gasteiger partial charge in [0.05, 0.1) is 24.3 Å². The molecule has 4 rings (SSSR count). The molecule has 0 aliphatic heterocycles. The first-order valence-corrected chi connectivity index (χ1v) is 10.9. The molecule has 1 amide bonds. The van der Waals surface area contributed by atoms with Gasteiger partial charge in [-0.1, -0.05) is 24.3 Å². The number of hydrogen-bond acceptors (Lipinski definition) is 6. The average molecular weight is 440 g/mol. The minimum absolute atomic E-state index is 0.0126. The molecule has 0 saturated heterocycles. The number of methoxy groups -OCH3 is 1. The summed E-state index contributed by atoms with van der Waals surface area (Å²) in [6.07, 6.45) is 1.47. The molecule has 160 valence electrons. The SMILES string of the molecule is COCc1c(C(=O)Nc2cccc(S(=O)(=O)NCc3ccco3)c2)oc2ccccc12. The fourth-order valence-corrected chi connectivity index (χ4v) is 4.20. The molecule has 2 aromatic heterocycles. The monoisotopic (exact) mass is 440 g/mol. The lowest BCUT2D eigenvalue weighted by Gasteiger charge is -2.09. The summed E-state index contributed by atoms with van der Waals surface area (Å²) in [5.41, 5.74) is 1.51. The minimum Gasteiger partial charge on any atom is -0.468 e. The van der Waals surface area contributed by atoms with Crippen LogP contribution < -0.4 is 10.0 Å². The zero-order valence-electron chi connectivity index (χ0n) is 16.6. The fourth-order valence-electron chi connectivity index (χ4n) is 3.16. The summed E-state index contributed by atoms with van der Waals surface area (Å²) in [6, 6.07) is 16.6. The Morgan fingerprint density at radius 3 is 2.68 bits per heavy atom. The van der Waals surface area contributed by atoms with Gasteiger partial charge in [0.1, 0.15) is 11.3 Å². The lowest BCUT2D eigenvalue weighted by molar-refractivity contribution is 0.0992. The van der Waals surface area contributed by atoms with Crippen LogP contribution in [0.15, 0.2) is 80.7 Å². The molecule has 9 heteroatoms. The normalized spacial score (nSPS) is 11.6. The Kier molecular flexibility index (Phi) is 5.90. The molecule has 0 atom stereocenters. The number of nitrogens with one attached hydrogen (secondary N) is 2. The van der Waals surface area contributed by atoms with E-state index < -0.39 is 15.9 Å². The molecule has 0 aliphatic carbocycles. The fraction of sp³-hybridized carbons (Fsp3) is 0.136. The number of furan rings is 2. The number of para-hydroxylation sites is 1. The van der Waals surface area contributed by atoms with E-state index >= 15 is 0 Å². The second-order valence-corrected chi connectivity index (χ2v) is 8.49. The summed E-state index contributed by atoms with van der Waals surface area (Å²) in [4.78, 5) is 12.9. The number of rotatable bonds is 8. The van der Waals surface area contributed by atoms with Crippen LogP contribution in [-0.4, -0.2) is 21.4 Å². The van der Waals surface area contributed by atoms with E-state index in [1.807, 2.05) is 18.2 Å². The van der Waals surface area contributed by atoms with Gasteiger partial charge in [-0.25, -0.2) is 13.1 Å². The van der Waals surface area contributed by atoms with Gasteiger partial charge in [0.25, 0.3) is 5.91 Å². The lowest BCUT2D eigenvalue weighted by atomic mass is 10.1. The van der Waals surface area contributed by atoms with Crippen molar-refractivity contribution in [1.82, 2.24) is 4.72 Å². The van der Waals surface area contributed by atoms with Gasteiger partial charge in [-0.2, -0.15) is 0 Å². The van der Waals surface area contributed by atoms with Crippen LogP contribution >= 0.6 is 0 Å². The molecule has 2 heterocycles. The Labute approximate surface area is 178 Å². The number of carbonyl (C=O) groups is 1. The maximum Gasteiger partial charge on any atom is 0.291 e. The minimum atomic E-state index is -3.80. The second kappa shape index (κ2) is 8.76. The molecule has 4 aromatic rings. The van der Waals surface area contributed by atoms with E-state index in [1.54, 1.807) is 30.3 Å². The molecule has 0 radical (unpaired) electrons. The Morgan fingerprint density at radius 2 is 1.90 bits per heavy atom. The van der Waals surface area contributed by atoms with Crippen molar-refractivity contribution < 1.29 is 26.8 Å². The summed E-state index contributed by atoms with van der Waals surface area (Å²) in [5.74, 6) is 0.109. The van der Waals surface area contributed by atoms with Gasteiger partial charge in [0.15, 0.2) is 5.76 Å². The Balaban J connectivity index is 1.56. The third-order valence-corrected chi connectivity index (χ3v) is 6.01. The van der Waals surface area contributed by atoms with Gasteiger partial charge >= 0.3 is 0 Å². The summed E-state index contributed by atoms with van der Waals surface area (Å²) in [5, 5.41) is 3.49. The number of amides is 1. The number of ether oxygens (including phenoxy) is 1. The van der Waals surface area contributed by atoms with E-state index in [0.717, 1.165) is 5.39 Å². The molecule has 0 saturated carbocycles. The van der Waals surface area contributed by atoms with Gasteiger partial charge in [-0.05, 0) is 36.4 Å². The van der Waals surface area contributed by atoms with Crippen LogP contribution in [0.2, 0.25) is 0 Å². The van der Waals surface area contributed by atoms with Gasteiger partial charge in [-0.15, -0.1) is 0 Å². The van der Waals surface area contributed by atoms with Crippen LogP contribution in [0.1, 0.15) is 21.9 Å². The second-order valence-electron chi connectivity index (χ2n) is 6.72. The topological polar surface area (TPSA) is 111 Å². The lowest BCUT2D eigenvalue weighted by Crippen LogP contribution is -2.23. The molecular formula is C22H20N2O6S. The van der Waals surface area contributed by atoms with Crippen LogP contribution in [0.3, 0.4) is 0 Å². The van der Waals surface area contributed by atoms with E-state index in [-0.39, 0.29) is 23.8 Å². The zero-order valence-corrected chi connectivity index (χ0v) is 17.4. The van der Waals surface area contributed by atoms with Gasteiger partial charge in [0.2, 0.25) is 10.0 Å². The molecule has 2 aromatic carbocycles. The van der Waals surface area contributed by atoms with Crippen molar-refractivity contribution in [1.29, 1.82) is 0 Å². The van der Waals surface area contributed by atoms with Gasteiger partial charge in [0, 0.05) is 23.7 Å². The number of hydrogen-bond donors (Lipinski definition) is 2. The average Bonchev–Trinajstić information content (AvgIpc) is 3.41. The Morgan fingerprint density at radius 1 is 1.06 bits per heavy atom. The Hall–Kier alpha value is -3.40. The predicted molar refractivity (Wildman–Crippen MR) is 114 cm³/mol.